The smallest absolute Gasteiger partial charge is 0.129 e. The molecule has 6 heteroatoms. The van der Waals surface area contributed by atoms with Crippen molar-refractivity contribution in [1.82, 2.24) is 5.43 Å². The van der Waals surface area contributed by atoms with Gasteiger partial charge in [-0.05, 0) is 37.4 Å². The van der Waals surface area contributed by atoms with E-state index in [1.807, 2.05) is 13.0 Å². The van der Waals surface area contributed by atoms with Crippen molar-refractivity contribution in [3.8, 4) is 5.75 Å². The lowest BCUT2D eigenvalue weighted by Gasteiger charge is -2.10. The van der Waals surface area contributed by atoms with Crippen LogP contribution in [0.5, 0.6) is 5.75 Å². The second-order valence-corrected chi connectivity index (χ2v) is 5.62. The highest BCUT2D eigenvalue weighted by Gasteiger charge is 2.11. The Bertz CT molecular complexity index is 577. The molecule has 0 fully saturated rings. The molecule has 5 nitrogen and oxygen atoms in total. The zero-order chi connectivity index (χ0) is 13.8. The van der Waals surface area contributed by atoms with Gasteiger partial charge in [0.2, 0.25) is 0 Å². The van der Waals surface area contributed by atoms with E-state index in [1.165, 1.54) is 0 Å². The molecule has 18 heavy (non-hydrogen) atoms. The number of nitrogens with one attached hydrogen (secondary N) is 1. The molecule has 1 rings (SSSR count). The third kappa shape index (κ3) is 3.33. The molecule has 0 radical (unpaired) electrons. The number of ether oxygens (including phenoxy) is 1. The standard InChI is InChI=1S/C12H17N3O2S/c1-9-6-7-11(17-4)8-12(9)18(5,16)15-10(2)14-13-3/h6-8H,3,5H2,1-2,4H3,(H,14,15,16). The first kappa shape index (κ1) is 14.2. The van der Waals surface area contributed by atoms with Gasteiger partial charge in [-0.15, -0.1) is 0 Å². The molecular weight excluding hydrogens is 250 g/mol. The number of aryl methyl sites for hydroxylation is 1. The first-order chi connectivity index (χ1) is 8.40. The number of hydrogen-bond acceptors (Lipinski definition) is 3. The summed E-state index contributed by atoms with van der Waals surface area (Å²) in [5.74, 6) is 4.70. The molecule has 1 N–H and O–H groups in total. The summed E-state index contributed by atoms with van der Waals surface area (Å²) >= 11 is 0. The van der Waals surface area contributed by atoms with E-state index in [9.17, 15) is 4.21 Å². The number of rotatable bonds is 4. The maximum absolute atomic E-state index is 12.5. The topological polar surface area (TPSA) is 63.0 Å². The summed E-state index contributed by atoms with van der Waals surface area (Å²) in [6, 6.07) is 5.31. The molecule has 1 aromatic carbocycles. The predicted molar refractivity (Wildman–Crippen MR) is 77.1 cm³/mol. The maximum atomic E-state index is 12.5. The van der Waals surface area contributed by atoms with Gasteiger partial charge in [0.25, 0.3) is 0 Å². The fourth-order valence-electron chi connectivity index (χ4n) is 1.46. The van der Waals surface area contributed by atoms with Crippen molar-refractivity contribution in [2.24, 2.45) is 9.50 Å². The van der Waals surface area contributed by atoms with Crippen molar-refractivity contribution in [2.75, 3.05) is 7.11 Å². The van der Waals surface area contributed by atoms with E-state index in [0.29, 0.717) is 16.5 Å². The van der Waals surface area contributed by atoms with E-state index >= 15 is 0 Å². The Morgan fingerprint density at radius 1 is 1.50 bits per heavy atom. The summed E-state index contributed by atoms with van der Waals surface area (Å²) < 4.78 is 21.7. The molecular formula is C12H17N3O2S. The fraction of sp³-hybridized carbons (Fsp3) is 0.250. The molecule has 0 saturated carbocycles. The zero-order valence-electron chi connectivity index (χ0n) is 10.8. The number of hydrazone groups is 1. The quantitative estimate of drug-likeness (QED) is 0.390. The lowest BCUT2D eigenvalue weighted by molar-refractivity contribution is 0.413. The van der Waals surface area contributed by atoms with Crippen LogP contribution in [0.3, 0.4) is 0 Å². The van der Waals surface area contributed by atoms with Crippen LogP contribution < -0.4 is 10.2 Å². The van der Waals surface area contributed by atoms with Crippen LogP contribution in [-0.4, -0.2) is 29.7 Å². The molecule has 0 heterocycles. The van der Waals surface area contributed by atoms with Crippen molar-refractivity contribution < 1.29 is 8.95 Å². The molecule has 0 aliphatic heterocycles. The highest BCUT2D eigenvalue weighted by Crippen LogP contribution is 2.23. The minimum atomic E-state index is -2.79. The molecule has 0 aromatic heterocycles. The van der Waals surface area contributed by atoms with Crippen LogP contribution in [0.1, 0.15) is 12.5 Å². The first-order valence-corrected chi connectivity index (χ1v) is 6.89. The lowest BCUT2D eigenvalue weighted by Crippen LogP contribution is -2.15. The van der Waals surface area contributed by atoms with E-state index in [4.69, 9.17) is 4.74 Å². The van der Waals surface area contributed by atoms with Crippen molar-refractivity contribution in [2.45, 2.75) is 18.7 Å². The second-order valence-electron chi connectivity index (χ2n) is 3.72. The molecule has 1 aromatic rings. The number of hydrogen-bond donors (Lipinski definition) is 1. The maximum Gasteiger partial charge on any atom is 0.129 e. The van der Waals surface area contributed by atoms with Crippen LogP contribution in [0.25, 0.3) is 0 Å². The minimum absolute atomic E-state index is 0.396. The number of nitrogens with zero attached hydrogens (tertiary/aromatic N) is 2. The number of methoxy groups -OCH3 is 1. The molecule has 0 bridgehead atoms. The Balaban J connectivity index is 3.28. The summed E-state index contributed by atoms with van der Waals surface area (Å²) in [4.78, 5) is 0.548. The van der Waals surface area contributed by atoms with E-state index in [2.05, 4.69) is 27.5 Å². The molecule has 0 spiro atoms. The van der Waals surface area contributed by atoms with Crippen LogP contribution in [0, 0.1) is 6.92 Å². The van der Waals surface area contributed by atoms with Gasteiger partial charge < -0.3 is 4.74 Å². The summed E-state index contributed by atoms with van der Waals surface area (Å²) in [6.07, 6.45) is 0. The molecule has 0 aliphatic rings. The van der Waals surface area contributed by atoms with Gasteiger partial charge in [-0.2, -0.15) is 9.50 Å². The molecule has 1 unspecified atom stereocenters. The summed E-state index contributed by atoms with van der Waals surface area (Å²) in [5.41, 5.74) is 3.38. The minimum Gasteiger partial charge on any atom is -0.497 e. The van der Waals surface area contributed by atoms with Crippen LogP contribution in [0.4, 0.5) is 0 Å². The Morgan fingerprint density at radius 2 is 2.17 bits per heavy atom. The van der Waals surface area contributed by atoms with Gasteiger partial charge in [0.05, 0.1) is 21.7 Å². The van der Waals surface area contributed by atoms with Gasteiger partial charge in [-0.25, -0.2) is 4.21 Å². The fourth-order valence-corrected chi connectivity index (χ4v) is 2.91. The third-order valence-corrected chi connectivity index (χ3v) is 3.96. The van der Waals surface area contributed by atoms with Gasteiger partial charge in [0.15, 0.2) is 0 Å². The van der Waals surface area contributed by atoms with Gasteiger partial charge in [-0.3, -0.25) is 5.43 Å². The van der Waals surface area contributed by atoms with Crippen LogP contribution >= 0.6 is 0 Å². The Labute approximate surface area is 108 Å². The highest BCUT2D eigenvalue weighted by molar-refractivity contribution is 7.99. The van der Waals surface area contributed by atoms with Crippen molar-refractivity contribution in [1.29, 1.82) is 0 Å². The average molecular weight is 267 g/mol. The van der Waals surface area contributed by atoms with Crippen molar-refractivity contribution >= 4 is 28.1 Å². The largest absolute Gasteiger partial charge is 0.497 e. The van der Waals surface area contributed by atoms with E-state index in [1.54, 1.807) is 26.2 Å². The predicted octanol–water partition coefficient (Wildman–Crippen LogP) is 1.62. The van der Waals surface area contributed by atoms with Crippen molar-refractivity contribution in [3.63, 3.8) is 0 Å². The SMILES string of the molecule is C=NNC(C)=NS(=C)(=O)c1cc(OC)ccc1C. The van der Waals surface area contributed by atoms with Gasteiger partial charge in [0.1, 0.15) is 11.6 Å². The number of amidine groups is 1. The van der Waals surface area contributed by atoms with Gasteiger partial charge in [-0.1, -0.05) is 6.07 Å². The van der Waals surface area contributed by atoms with E-state index in [0.717, 1.165) is 5.56 Å². The highest BCUT2D eigenvalue weighted by atomic mass is 32.2. The first-order valence-electron chi connectivity index (χ1n) is 5.21. The van der Waals surface area contributed by atoms with Gasteiger partial charge in [0, 0.05) is 6.72 Å². The Morgan fingerprint density at radius 3 is 2.72 bits per heavy atom. The molecule has 98 valence electrons. The normalized spacial score (nSPS) is 14.7. The second kappa shape index (κ2) is 5.68. The monoisotopic (exact) mass is 267 g/mol. The average Bonchev–Trinajstić information content (AvgIpc) is 2.29. The summed E-state index contributed by atoms with van der Waals surface area (Å²) in [5, 5.41) is 3.46. The summed E-state index contributed by atoms with van der Waals surface area (Å²) in [6.45, 7) is 6.77. The Kier molecular flexibility index (Phi) is 4.49. The number of benzene rings is 1. The molecule has 0 saturated heterocycles. The zero-order valence-corrected chi connectivity index (χ0v) is 11.6. The van der Waals surface area contributed by atoms with Crippen LogP contribution in [0.2, 0.25) is 0 Å². The molecule has 0 amide bonds. The Hall–Kier alpha value is -1.82. The lowest BCUT2D eigenvalue weighted by atomic mass is 10.2. The molecule has 1 atom stereocenters. The third-order valence-electron chi connectivity index (χ3n) is 2.26. The van der Waals surface area contributed by atoms with E-state index < -0.39 is 9.71 Å². The summed E-state index contributed by atoms with van der Waals surface area (Å²) in [7, 11) is -1.23. The van der Waals surface area contributed by atoms with Crippen LogP contribution in [-0.2, 0) is 9.71 Å². The molecule has 0 aliphatic carbocycles. The van der Waals surface area contributed by atoms with E-state index in [-0.39, 0.29) is 0 Å². The van der Waals surface area contributed by atoms with Gasteiger partial charge >= 0.3 is 0 Å². The van der Waals surface area contributed by atoms with Crippen molar-refractivity contribution in [3.05, 3.63) is 23.8 Å². The van der Waals surface area contributed by atoms with Crippen LogP contribution in [0.15, 0.2) is 32.6 Å².